The van der Waals surface area contributed by atoms with Gasteiger partial charge in [-0.1, -0.05) is 18.2 Å². The molecular weight excluding hydrogens is 384 g/mol. The van der Waals surface area contributed by atoms with Gasteiger partial charge in [0.1, 0.15) is 5.76 Å². The van der Waals surface area contributed by atoms with E-state index >= 15 is 0 Å². The summed E-state index contributed by atoms with van der Waals surface area (Å²) in [5.41, 5.74) is 1.91. The minimum absolute atomic E-state index is 0.114. The molecule has 0 radical (unpaired) electrons. The SMILES string of the molecule is Cc1cc(C)nc(SCc2ccc(C(=O)NCC3CCCN4CCCCC34)o2)n1. The molecule has 4 rings (SSSR count). The summed E-state index contributed by atoms with van der Waals surface area (Å²) in [6.07, 6.45) is 6.34. The number of aromatic nitrogens is 2. The second kappa shape index (κ2) is 9.30. The van der Waals surface area contributed by atoms with Crippen LogP contribution in [0.1, 0.15) is 59.8 Å². The lowest BCUT2D eigenvalue weighted by Gasteiger charge is -2.44. The molecule has 0 bridgehead atoms. The Morgan fingerprint density at radius 1 is 1.17 bits per heavy atom. The largest absolute Gasteiger partial charge is 0.455 e. The van der Waals surface area contributed by atoms with Crippen LogP contribution in [0.4, 0.5) is 0 Å². The lowest BCUT2D eigenvalue weighted by Crippen LogP contribution is -2.50. The maximum atomic E-state index is 12.6. The van der Waals surface area contributed by atoms with E-state index in [0.29, 0.717) is 23.5 Å². The maximum absolute atomic E-state index is 12.6. The molecule has 6 nitrogen and oxygen atoms in total. The highest BCUT2D eigenvalue weighted by Gasteiger charge is 2.33. The number of furan rings is 1. The van der Waals surface area contributed by atoms with E-state index in [-0.39, 0.29) is 5.91 Å². The van der Waals surface area contributed by atoms with Gasteiger partial charge in [-0.25, -0.2) is 9.97 Å². The number of nitrogens with one attached hydrogen (secondary N) is 1. The van der Waals surface area contributed by atoms with E-state index < -0.39 is 0 Å². The number of carbonyl (C=O) groups excluding carboxylic acids is 1. The second-order valence-corrected chi connectivity index (χ2v) is 9.14. The van der Waals surface area contributed by atoms with Crippen molar-refractivity contribution in [2.24, 2.45) is 5.92 Å². The number of fused-ring (bicyclic) bond motifs is 1. The Hall–Kier alpha value is -1.86. The molecule has 2 aliphatic rings. The lowest BCUT2D eigenvalue weighted by molar-refractivity contribution is 0.0571. The van der Waals surface area contributed by atoms with E-state index in [1.807, 2.05) is 26.0 Å². The van der Waals surface area contributed by atoms with Crippen LogP contribution < -0.4 is 5.32 Å². The van der Waals surface area contributed by atoms with Crippen molar-refractivity contribution in [1.82, 2.24) is 20.2 Å². The Kier molecular flexibility index (Phi) is 6.55. The highest BCUT2D eigenvalue weighted by molar-refractivity contribution is 7.98. The molecule has 2 atom stereocenters. The van der Waals surface area contributed by atoms with Gasteiger partial charge in [0, 0.05) is 24.0 Å². The second-order valence-electron chi connectivity index (χ2n) is 8.20. The van der Waals surface area contributed by atoms with Crippen LogP contribution in [0.2, 0.25) is 0 Å². The Balaban J connectivity index is 1.29. The number of hydrogen-bond donors (Lipinski definition) is 1. The predicted octanol–water partition coefficient (Wildman–Crippen LogP) is 3.97. The summed E-state index contributed by atoms with van der Waals surface area (Å²) in [6.45, 7) is 7.11. The number of piperidine rings is 2. The fraction of sp³-hybridized carbons (Fsp3) is 0.591. The van der Waals surface area contributed by atoms with E-state index in [1.54, 1.807) is 6.07 Å². The first-order valence-corrected chi connectivity index (χ1v) is 11.6. The van der Waals surface area contributed by atoms with Crippen molar-refractivity contribution in [2.45, 2.75) is 62.9 Å². The summed E-state index contributed by atoms with van der Waals surface area (Å²) in [7, 11) is 0. The first-order chi connectivity index (χ1) is 14.1. The van der Waals surface area contributed by atoms with Crippen molar-refractivity contribution in [2.75, 3.05) is 19.6 Å². The van der Waals surface area contributed by atoms with Crippen LogP contribution in [0.15, 0.2) is 27.8 Å². The van der Waals surface area contributed by atoms with Crippen molar-refractivity contribution in [3.05, 3.63) is 41.1 Å². The lowest BCUT2D eigenvalue weighted by atomic mass is 9.83. The van der Waals surface area contributed by atoms with Gasteiger partial charge >= 0.3 is 0 Å². The number of nitrogens with zero attached hydrogens (tertiary/aromatic N) is 3. The molecule has 0 spiro atoms. The number of rotatable bonds is 6. The highest BCUT2D eigenvalue weighted by Crippen LogP contribution is 2.30. The number of amides is 1. The van der Waals surface area contributed by atoms with Crippen molar-refractivity contribution >= 4 is 17.7 Å². The zero-order valence-corrected chi connectivity index (χ0v) is 18.1. The number of aryl methyl sites for hydroxylation is 2. The fourth-order valence-electron chi connectivity index (χ4n) is 4.60. The molecule has 0 aromatic carbocycles. The van der Waals surface area contributed by atoms with Crippen LogP contribution in [-0.4, -0.2) is 46.5 Å². The summed E-state index contributed by atoms with van der Waals surface area (Å²) in [5.74, 6) is 2.20. The zero-order chi connectivity index (χ0) is 20.2. The third kappa shape index (κ3) is 5.20. The first kappa shape index (κ1) is 20.4. The molecular formula is C22H30N4O2S. The standard InChI is InChI=1S/C22H30N4O2S/c1-15-12-16(2)25-22(24-15)29-14-18-8-9-20(28-18)21(27)23-13-17-6-5-11-26-10-4-3-7-19(17)26/h8-9,12,17,19H,3-7,10-11,13-14H2,1-2H3,(H,23,27). The minimum atomic E-state index is -0.114. The van der Waals surface area contributed by atoms with E-state index in [4.69, 9.17) is 4.42 Å². The summed E-state index contributed by atoms with van der Waals surface area (Å²) in [4.78, 5) is 24.1. The molecule has 2 unspecified atom stereocenters. The van der Waals surface area contributed by atoms with E-state index in [9.17, 15) is 4.79 Å². The van der Waals surface area contributed by atoms with E-state index in [0.717, 1.165) is 28.8 Å². The van der Waals surface area contributed by atoms with Gasteiger partial charge in [0.05, 0.1) is 5.75 Å². The van der Waals surface area contributed by atoms with E-state index in [1.165, 1.54) is 57.0 Å². The van der Waals surface area contributed by atoms with Gasteiger partial charge < -0.3 is 14.6 Å². The van der Waals surface area contributed by atoms with Gasteiger partial charge in [0.15, 0.2) is 10.9 Å². The number of carbonyl (C=O) groups is 1. The molecule has 0 aliphatic carbocycles. The van der Waals surface area contributed by atoms with Crippen molar-refractivity contribution < 1.29 is 9.21 Å². The molecule has 1 amide bonds. The first-order valence-electron chi connectivity index (χ1n) is 10.6. The molecule has 4 heterocycles. The van der Waals surface area contributed by atoms with Crippen LogP contribution in [0.3, 0.4) is 0 Å². The van der Waals surface area contributed by atoms with Gasteiger partial charge in [-0.05, 0) is 76.7 Å². The monoisotopic (exact) mass is 414 g/mol. The summed E-state index contributed by atoms with van der Waals surface area (Å²) < 4.78 is 5.78. The van der Waals surface area contributed by atoms with Gasteiger partial charge in [-0.2, -0.15) is 0 Å². The third-order valence-corrected chi connectivity index (χ3v) is 6.81. The molecule has 29 heavy (non-hydrogen) atoms. The molecule has 1 N–H and O–H groups in total. The van der Waals surface area contributed by atoms with Crippen LogP contribution >= 0.6 is 11.8 Å². The quantitative estimate of drug-likeness (QED) is 0.570. The minimum Gasteiger partial charge on any atom is -0.455 e. The molecule has 0 saturated carbocycles. The summed E-state index contributed by atoms with van der Waals surface area (Å²) >= 11 is 1.52. The van der Waals surface area contributed by atoms with Gasteiger partial charge in [0.2, 0.25) is 0 Å². The van der Waals surface area contributed by atoms with Crippen molar-refractivity contribution in [1.29, 1.82) is 0 Å². The summed E-state index contributed by atoms with van der Waals surface area (Å²) in [5, 5.41) is 3.85. The normalized spacial score (nSPS) is 22.3. The zero-order valence-electron chi connectivity index (χ0n) is 17.3. The molecule has 7 heteroatoms. The van der Waals surface area contributed by atoms with Crippen LogP contribution in [0, 0.1) is 19.8 Å². The summed E-state index contributed by atoms with van der Waals surface area (Å²) in [6, 6.07) is 6.23. The van der Waals surface area contributed by atoms with E-state index in [2.05, 4.69) is 20.2 Å². The molecule has 2 aromatic heterocycles. The fourth-order valence-corrected chi connectivity index (χ4v) is 5.44. The van der Waals surface area contributed by atoms with Crippen molar-refractivity contribution in [3.63, 3.8) is 0 Å². The van der Waals surface area contributed by atoms with Crippen molar-refractivity contribution in [3.8, 4) is 0 Å². The van der Waals surface area contributed by atoms with Crippen LogP contribution in [-0.2, 0) is 5.75 Å². The maximum Gasteiger partial charge on any atom is 0.287 e. The van der Waals surface area contributed by atoms with Crippen LogP contribution in [0.5, 0.6) is 0 Å². The molecule has 2 aromatic rings. The Morgan fingerprint density at radius 2 is 1.97 bits per heavy atom. The third-order valence-electron chi connectivity index (χ3n) is 5.94. The molecule has 2 saturated heterocycles. The predicted molar refractivity (Wildman–Crippen MR) is 114 cm³/mol. The number of hydrogen-bond acceptors (Lipinski definition) is 6. The highest BCUT2D eigenvalue weighted by atomic mass is 32.2. The molecule has 2 aliphatic heterocycles. The Labute approximate surface area is 176 Å². The number of thioether (sulfide) groups is 1. The van der Waals surface area contributed by atoms with Gasteiger partial charge in [-0.15, -0.1) is 0 Å². The average Bonchev–Trinajstić information content (AvgIpc) is 3.19. The Bertz CT molecular complexity index is 831. The van der Waals surface area contributed by atoms with Crippen LogP contribution in [0.25, 0.3) is 0 Å². The van der Waals surface area contributed by atoms with Gasteiger partial charge in [0.25, 0.3) is 5.91 Å². The topological polar surface area (TPSA) is 71.3 Å². The smallest absolute Gasteiger partial charge is 0.287 e. The Morgan fingerprint density at radius 3 is 2.79 bits per heavy atom. The van der Waals surface area contributed by atoms with Gasteiger partial charge in [-0.3, -0.25) is 4.79 Å². The molecule has 156 valence electrons. The average molecular weight is 415 g/mol. The molecule has 2 fully saturated rings.